The third kappa shape index (κ3) is 37.9. The average Bonchev–Trinajstić information content (AvgIpc) is 4.27. The number of hydrogen-bond donors (Lipinski definition) is 0. The lowest BCUT2D eigenvalue weighted by Crippen LogP contribution is -2.41. The van der Waals surface area contributed by atoms with E-state index in [0.717, 1.165) is 33.0 Å². The normalized spacial score (nSPS) is 24.5. The fraction of sp³-hybridized carbons (Fsp3) is 1.00. The van der Waals surface area contributed by atoms with Gasteiger partial charge in [-0.25, -0.2) is 0 Å². The Bertz CT molecular complexity index is 1350. The van der Waals surface area contributed by atoms with E-state index in [1.807, 2.05) is 35.5 Å². The summed E-state index contributed by atoms with van der Waals surface area (Å²) < 4.78 is 54.7. The fourth-order valence-electron chi connectivity index (χ4n) is 12.1. The standard InChI is InChI=1S/C8H18OSi.2C7H16OSi.3C6H14OSi.3C5H12OSi.C4H10OSi/c1-3-9-10(2)7-5-4-6-8-10;1-8-9(2)6-4-3-5-7-9;1-3-8-9(2)6-4-5-7-9;1-7-8(2)5-3-4-6-8;1-3-7-8(2)5-4-6-8;1-2-7-8-5-3-4-6-8;1-6-7(2)4-3-5-7;1-6-7-4-2-3-5-7;1-2-6-7-4-3-5-7;1-5-6-3-2-4-6/h3-8H2,1-2H3;2*3-7H2,1-2H3;2*3-6H2,1-2H3;8H,2-6H2,1H3;3-5H2,1-2H3;2*7H,2-5H2,1H3;6H,2-4H2,1H3. The molecule has 0 unspecified atom stereocenters. The van der Waals surface area contributed by atoms with E-state index < -0.39 is 86.1 Å². The Labute approximate surface area is 505 Å². The maximum absolute atomic E-state index is 5.81. The van der Waals surface area contributed by atoms with Crippen molar-refractivity contribution < 1.29 is 44.3 Å². The molecule has 0 aliphatic carbocycles. The van der Waals surface area contributed by atoms with Crippen LogP contribution >= 0.6 is 0 Å². The molecule has 474 valence electrons. The maximum atomic E-state index is 5.81. The Balaban J connectivity index is 0.000000440. The van der Waals surface area contributed by atoms with Gasteiger partial charge in [0, 0.05) is 68.6 Å². The van der Waals surface area contributed by atoms with Gasteiger partial charge in [-0.15, -0.1) is 0 Å². The van der Waals surface area contributed by atoms with Gasteiger partial charge in [0.25, 0.3) is 0 Å². The van der Waals surface area contributed by atoms with Gasteiger partial charge in [0.05, 0.1) is 0 Å². The van der Waals surface area contributed by atoms with Crippen LogP contribution in [0.2, 0.25) is 160 Å². The molecule has 0 saturated carbocycles. The van der Waals surface area contributed by atoms with E-state index in [4.69, 9.17) is 44.3 Å². The van der Waals surface area contributed by atoms with Gasteiger partial charge in [-0.1, -0.05) is 116 Å². The van der Waals surface area contributed by atoms with Crippen molar-refractivity contribution in [3.8, 4) is 0 Å². The topological polar surface area (TPSA) is 92.3 Å². The van der Waals surface area contributed by atoms with Gasteiger partial charge in [0.2, 0.25) is 0 Å². The second-order valence-electron chi connectivity index (χ2n) is 26.2. The van der Waals surface area contributed by atoms with E-state index in [-0.39, 0.29) is 0 Å². The van der Waals surface area contributed by atoms with Crippen molar-refractivity contribution in [1.82, 2.24) is 0 Å². The first kappa shape index (κ1) is 78.8. The average molecular weight is 1290 g/mol. The van der Waals surface area contributed by atoms with Crippen molar-refractivity contribution in [3.63, 3.8) is 0 Å². The Kier molecular flexibility index (Phi) is 46.7. The molecule has 20 heteroatoms. The predicted molar refractivity (Wildman–Crippen MR) is 371 cm³/mol. The second-order valence-corrected chi connectivity index (χ2v) is 62.8. The first-order chi connectivity index (χ1) is 37.8. The third-order valence-corrected chi connectivity index (χ3v) is 53.3. The zero-order valence-corrected chi connectivity index (χ0v) is 66.4. The summed E-state index contributed by atoms with van der Waals surface area (Å²) in [4.78, 5) is 0. The van der Waals surface area contributed by atoms with Crippen LogP contribution in [-0.4, -0.2) is 155 Å². The van der Waals surface area contributed by atoms with E-state index in [0.29, 0.717) is 0 Å². The zero-order valence-electron chi connectivity index (χ0n) is 55.8. The molecule has 0 aromatic heterocycles. The zero-order chi connectivity index (χ0) is 58.8. The summed E-state index contributed by atoms with van der Waals surface area (Å²) in [7, 11) is 0.835. The Hall–Kier alpha value is 1.77. The van der Waals surface area contributed by atoms with Gasteiger partial charge in [-0.2, -0.15) is 0 Å². The molecular weight excluding hydrogens is 1150 g/mol. The van der Waals surface area contributed by atoms with Gasteiger partial charge in [0.1, 0.15) is 0 Å². The molecule has 10 aliphatic heterocycles. The molecule has 10 saturated heterocycles. The monoisotopic (exact) mass is 1290 g/mol. The maximum Gasteiger partial charge on any atom is 0.189 e. The predicted octanol–water partition coefficient (Wildman–Crippen LogP) is 17.8. The first-order valence-electron chi connectivity index (χ1n) is 33.7. The van der Waals surface area contributed by atoms with Crippen LogP contribution in [0, 0.1) is 0 Å². The van der Waals surface area contributed by atoms with Gasteiger partial charge < -0.3 is 44.3 Å². The molecule has 0 aromatic carbocycles. The van der Waals surface area contributed by atoms with Crippen LogP contribution in [0.5, 0.6) is 0 Å². The van der Waals surface area contributed by atoms with Gasteiger partial charge in [0.15, 0.2) is 86.1 Å². The highest BCUT2D eigenvalue weighted by molar-refractivity contribution is 6.76. The molecule has 0 bridgehead atoms. The van der Waals surface area contributed by atoms with Crippen molar-refractivity contribution in [2.24, 2.45) is 0 Å². The summed E-state index contributed by atoms with van der Waals surface area (Å²) in [6.07, 6.45) is 25.7. The smallest absolute Gasteiger partial charge is 0.189 e. The van der Waals surface area contributed by atoms with Crippen molar-refractivity contribution in [2.45, 2.75) is 310 Å². The fourth-order valence-corrected chi connectivity index (χ4v) is 35.5. The number of hydrogen-bond acceptors (Lipinski definition) is 10. The van der Waals surface area contributed by atoms with Crippen LogP contribution in [0.15, 0.2) is 0 Å². The van der Waals surface area contributed by atoms with Crippen LogP contribution in [0.25, 0.3) is 0 Å². The summed E-state index contributed by atoms with van der Waals surface area (Å²) in [5, 5.41) is 0. The highest BCUT2D eigenvalue weighted by Gasteiger charge is 2.37. The van der Waals surface area contributed by atoms with Crippen molar-refractivity contribution in [1.29, 1.82) is 0 Å². The Morgan fingerprint density at radius 1 is 0.241 bits per heavy atom. The minimum absolute atomic E-state index is 0.480. The van der Waals surface area contributed by atoms with Crippen molar-refractivity contribution in [2.75, 3.05) is 68.6 Å². The number of rotatable bonds is 15. The van der Waals surface area contributed by atoms with E-state index >= 15 is 0 Å². The van der Waals surface area contributed by atoms with E-state index in [1.165, 1.54) is 236 Å². The molecule has 10 heterocycles. The van der Waals surface area contributed by atoms with Crippen molar-refractivity contribution in [3.05, 3.63) is 0 Å². The van der Waals surface area contributed by atoms with Gasteiger partial charge in [-0.05, 0) is 195 Å². The van der Waals surface area contributed by atoms with Crippen LogP contribution < -0.4 is 0 Å². The van der Waals surface area contributed by atoms with Crippen LogP contribution in [-0.2, 0) is 44.3 Å². The largest absolute Gasteiger partial charge is 0.423 e. The van der Waals surface area contributed by atoms with Crippen LogP contribution in [0.3, 0.4) is 0 Å². The van der Waals surface area contributed by atoms with E-state index in [1.54, 1.807) is 0 Å². The quantitative estimate of drug-likeness (QED) is 0.148. The summed E-state index contributed by atoms with van der Waals surface area (Å²) in [6, 6.07) is 28.2. The highest BCUT2D eigenvalue weighted by Crippen LogP contribution is 2.34. The van der Waals surface area contributed by atoms with E-state index in [9.17, 15) is 0 Å². The lowest BCUT2D eigenvalue weighted by Gasteiger charge is -2.34. The molecule has 10 rings (SSSR count). The van der Waals surface area contributed by atoms with Gasteiger partial charge >= 0.3 is 0 Å². The Morgan fingerprint density at radius 3 is 0.608 bits per heavy atom. The Morgan fingerprint density at radius 2 is 0.456 bits per heavy atom. The van der Waals surface area contributed by atoms with E-state index in [2.05, 4.69) is 73.9 Å². The molecule has 0 N–H and O–H groups in total. The summed E-state index contributed by atoms with van der Waals surface area (Å²) in [6.45, 7) is 29.3. The summed E-state index contributed by atoms with van der Waals surface area (Å²) >= 11 is 0. The molecule has 0 spiro atoms. The van der Waals surface area contributed by atoms with Crippen LogP contribution in [0.1, 0.15) is 150 Å². The molecule has 10 aliphatic rings. The lowest BCUT2D eigenvalue weighted by atomic mass is 10.3. The molecule has 79 heavy (non-hydrogen) atoms. The molecule has 10 fully saturated rings. The van der Waals surface area contributed by atoms with Crippen molar-refractivity contribution >= 4 is 86.1 Å². The second kappa shape index (κ2) is 46.9. The molecular formula is C59H138O10Si10. The summed E-state index contributed by atoms with van der Waals surface area (Å²) in [5.74, 6) is 0. The molecule has 0 atom stereocenters. The first-order valence-corrected chi connectivity index (χ1v) is 59.0. The summed E-state index contributed by atoms with van der Waals surface area (Å²) in [5.41, 5.74) is 0. The molecule has 0 radical (unpaired) electrons. The lowest BCUT2D eigenvalue weighted by molar-refractivity contribution is 0.310. The molecule has 10 nitrogen and oxygen atoms in total. The minimum Gasteiger partial charge on any atom is -0.423 e. The minimum atomic E-state index is -1.14. The third-order valence-electron chi connectivity index (χ3n) is 19.1. The SMILES string of the molecule is CCO[SiH]1CCC1.CCO[SiH]1CCCC1.CCO[Si]1(C)CCC1.CCO[Si]1(C)CCCC1.CCO[Si]1(C)CCCCC1.CO[SiH]1CCC1.CO[SiH]1CCCC1.CO[Si]1(C)CCC1.CO[Si]1(C)CCCC1.CO[Si]1(C)CCCCC1. The van der Waals surface area contributed by atoms with Gasteiger partial charge in [-0.3, -0.25) is 0 Å². The highest BCUT2D eigenvalue weighted by atomic mass is 28.4. The molecule has 0 amide bonds. The van der Waals surface area contributed by atoms with Crippen LogP contribution in [0.4, 0.5) is 0 Å². The molecule has 0 aromatic rings.